The standard InChI is InChI=1S/C9H12ClN3O/c1-6(2)3-4-14-9-7(11)8(10)12-5-13-9/h5H,1,3-4,11H2,2H3. The van der Waals surface area contributed by atoms with Crippen molar-refractivity contribution in [1.29, 1.82) is 0 Å². The van der Waals surface area contributed by atoms with Crippen LogP contribution in [-0.4, -0.2) is 16.6 Å². The number of rotatable bonds is 4. The zero-order chi connectivity index (χ0) is 10.6. The van der Waals surface area contributed by atoms with Gasteiger partial charge in [-0.1, -0.05) is 17.2 Å². The Morgan fingerprint density at radius 3 is 3.00 bits per heavy atom. The quantitative estimate of drug-likeness (QED) is 0.614. The first kappa shape index (κ1) is 10.8. The van der Waals surface area contributed by atoms with Crippen molar-refractivity contribution in [2.75, 3.05) is 12.3 Å². The van der Waals surface area contributed by atoms with Crippen molar-refractivity contribution in [1.82, 2.24) is 9.97 Å². The average molecular weight is 214 g/mol. The molecule has 0 radical (unpaired) electrons. The number of nitrogen functional groups attached to an aromatic ring is 1. The van der Waals surface area contributed by atoms with Gasteiger partial charge >= 0.3 is 0 Å². The molecule has 0 unspecified atom stereocenters. The predicted molar refractivity (Wildman–Crippen MR) is 56.4 cm³/mol. The van der Waals surface area contributed by atoms with E-state index in [1.807, 2.05) is 6.92 Å². The fourth-order valence-corrected chi connectivity index (χ4v) is 0.921. The topological polar surface area (TPSA) is 61.0 Å². The molecular formula is C9H12ClN3O. The fraction of sp³-hybridized carbons (Fsp3) is 0.333. The number of nitrogens with zero attached hydrogens (tertiary/aromatic N) is 2. The maximum atomic E-state index is 5.68. The lowest BCUT2D eigenvalue weighted by Crippen LogP contribution is -2.03. The van der Waals surface area contributed by atoms with Crippen molar-refractivity contribution in [2.24, 2.45) is 0 Å². The normalized spacial score (nSPS) is 9.86. The highest BCUT2D eigenvalue weighted by atomic mass is 35.5. The molecule has 0 aliphatic heterocycles. The summed E-state index contributed by atoms with van der Waals surface area (Å²) in [7, 11) is 0. The van der Waals surface area contributed by atoms with Gasteiger partial charge in [0.2, 0.25) is 5.88 Å². The summed E-state index contributed by atoms with van der Waals surface area (Å²) in [5.41, 5.74) is 6.91. The van der Waals surface area contributed by atoms with E-state index in [9.17, 15) is 0 Å². The molecule has 1 heterocycles. The minimum Gasteiger partial charge on any atom is -0.476 e. The highest BCUT2D eigenvalue weighted by Crippen LogP contribution is 2.24. The molecule has 76 valence electrons. The molecule has 0 amide bonds. The lowest BCUT2D eigenvalue weighted by Gasteiger charge is -2.07. The van der Waals surface area contributed by atoms with Crippen LogP contribution in [0, 0.1) is 0 Å². The molecule has 1 aromatic heterocycles. The number of aromatic nitrogens is 2. The Hall–Kier alpha value is -1.29. The van der Waals surface area contributed by atoms with Crippen molar-refractivity contribution >= 4 is 17.3 Å². The summed E-state index contributed by atoms with van der Waals surface area (Å²) in [5.74, 6) is 0.325. The first-order valence-electron chi connectivity index (χ1n) is 4.14. The molecule has 2 N–H and O–H groups in total. The first-order valence-corrected chi connectivity index (χ1v) is 4.52. The molecule has 0 saturated carbocycles. The minimum absolute atomic E-state index is 0.213. The van der Waals surface area contributed by atoms with Crippen LogP contribution < -0.4 is 10.5 Å². The van der Waals surface area contributed by atoms with E-state index >= 15 is 0 Å². The Kier molecular flexibility index (Phi) is 3.71. The maximum absolute atomic E-state index is 5.68. The Labute approximate surface area is 87.8 Å². The van der Waals surface area contributed by atoms with E-state index < -0.39 is 0 Å². The van der Waals surface area contributed by atoms with E-state index in [0.717, 1.165) is 12.0 Å². The van der Waals surface area contributed by atoms with Gasteiger partial charge in [-0.05, 0) is 6.92 Å². The smallest absolute Gasteiger partial charge is 0.241 e. The second-order valence-corrected chi connectivity index (χ2v) is 3.30. The van der Waals surface area contributed by atoms with Crippen LogP contribution in [-0.2, 0) is 0 Å². The zero-order valence-corrected chi connectivity index (χ0v) is 8.71. The number of anilines is 1. The summed E-state index contributed by atoms with van der Waals surface area (Å²) >= 11 is 5.68. The average Bonchev–Trinajstić information content (AvgIpc) is 2.12. The third kappa shape index (κ3) is 2.88. The van der Waals surface area contributed by atoms with E-state index in [4.69, 9.17) is 22.1 Å². The molecule has 0 atom stereocenters. The van der Waals surface area contributed by atoms with Gasteiger partial charge in [0, 0.05) is 6.42 Å². The number of ether oxygens (including phenoxy) is 1. The maximum Gasteiger partial charge on any atom is 0.241 e. The van der Waals surface area contributed by atoms with Gasteiger partial charge in [-0.2, -0.15) is 4.98 Å². The monoisotopic (exact) mass is 213 g/mol. The largest absolute Gasteiger partial charge is 0.476 e. The molecule has 5 heteroatoms. The van der Waals surface area contributed by atoms with E-state index in [1.54, 1.807) is 0 Å². The van der Waals surface area contributed by atoms with Crippen molar-refractivity contribution < 1.29 is 4.74 Å². The van der Waals surface area contributed by atoms with Crippen LogP contribution in [0.15, 0.2) is 18.5 Å². The molecule has 0 fully saturated rings. The molecule has 1 aromatic rings. The van der Waals surface area contributed by atoms with Crippen molar-refractivity contribution in [3.05, 3.63) is 23.6 Å². The number of nitrogens with two attached hydrogens (primary N) is 1. The number of hydrogen-bond acceptors (Lipinski definition) is 4. The Morgan fingerprint density at radius 2 is 2.36 bits per heavy atom. The van der Waals surface area contributed by atoms with Crippen LogP contribution in [0.2, 0.25) is 5.15 Å². The summed E-state index contributed by atoms with van der Waals surface area (Å²) in [6.45, 7) is 6.18. The SMILES string of the molecule is C=C(C)CCOc1ncnc(Cl)c1N. The van der Waals surface area contributed by atoms with E-state index in [2.05, 4.69) is 16.5 Å². The van der Waals surface area contributed by atoms with Gasteiger partial charge in [-0.25, -0.2) is 4.98 Å². The third-order valence-corrected chi connectivity index (χ3v) is 1.87. The summed E-state index contributed by atoms with van der Waals surface area (Å²) in [4.78, 5) is 7.58. The molecule has 4 nitrogen and oxygen atoms in total. The highest BCUT2D eigenvalue weighted by molar-refractivity contribution is 6.32. The van der Waals surface area contributed by atoms with E-state index in [1.165, 1.54) is 6.33 Å². The van der Waals surface area contributed by atoms with Crippen LogP contribution in [0.25, 0.3) is 0 Å². The molecule has 0 bridgehead atoms. The predicted octanol–water partition coefficient (Wildman–Crippen LogP) is 2.06. The van der Waals surface area contributed by atoms with Gasteiger partial charge < -0.3 is 10.5 Å². The van der Waals surface area contributed by atoms with Gasteiger partial charge in [-0.15, -0.1) is 6.58 Å². The van der Waals surface area contributed by atoms with Gasteiger partial charge in [0.1, 0.15) is 12.0 Å². The molecule has 0 aromatic carbocycles. The molecule has 0 aliphatic carbocycles. The van der Waals surface area contributed by atoms with Crippen molar-refractivity contribution in [2.45, 2.75) is 13.3 Å². The van der Waals surface area contributed by atoms with Crippen molar-refractivity contribution in [3.8, 4) is 5.88 Å². The molecule has 1 rings (SSSR count). The summed E-state index contributed by atoms with van der Waals surface area (Å²) in [5, 5.41) is 0.213. The third-order valence-electron chi connectivity index (χ3n) is 1.57. The summed E-state index contributed by atoms with van der Waals surface area (Å²) in [6.07, 6.45) is 2.08. The van der Waals surface area contributed by atoms with E-state index in [-0.39, 0.29) is 10.8 Å². The van der Waals surface area contributed by atoms with Gasteiger partial charge in [0.15, 0.2) is 5.15 Å². The summed E-state index contributed by atoms with van der Waals surface area (Å²) in [6, 6.07) is 0. The van der Waals surface area contributed by atoms with Crippen LogP contribution in [0.4, 0.5) is 5.69 Å². The zero-order valence-electron chi connectivity index (χ0n) is 7.96. The number of hydrogen-bond donors (Lipinski definition) is 1. The lowest BCUT2D eigenvalue weighted by molar-refractivity contribution is 0.310. The van der Waals surface area contributed by atoms with Crippen LogP contribution >= 0.6 is 11.6 Å². The van der Waals surface area contributed by atoms with Crippen LogP contribution in [0.5, 0.6) is 5.88 Å². The fourth-order valence-electron chi connectivity index (χ4n) is 0.796. The van der Waals surface area contributed by atoms with Gasteiger partial charge in [0.25, 0.3) is 0 Å². The van der Waals surface area contributed by atoms with Crippen molar-refractivity contribution in [3.63, 3.8) is 0 Å². The minimum atomic E-state index is 0.213. The lowest BCUT2D eigenvalue weighted by atomic mass is 10.3. The summed E-state index contributed by atoms with van der Waals surface area (Å²) < 4.78 is 5.31. The Balaban J connectivity index is 2.59. The molecule has 14 heavy (non-hydrogen) atoms. The molecule has 0 spiro atoms. The van der Waals surface area contributed by atoms with Crippen LogP contribution in [0.1, 0.15) is 13.3 Å². The van der Waals surface area contributed by atoms with Crippen LogP contribution in [0.3, 0.4) is 0 Å². The number of halogens is 1. The Morgan fingerprint density at radius 1 is 1.64 bits per heavy atom. The molecule has 0 aliphatic rings. The highest BCUT2D eigenvalue weighted by Gasteiger charge is 2.06. The molecular weight excluding hydrogens is 202 g/mol. The second kappa shape index (κ2) is 4.81. The molecule has 0 saturated heterocycles. The van der Waals surface area contributed by atoms with Gasteiger partial charge in [0.05, 0.1) is 6.61 Å². The first-order chi connectivity index (χ1) is 6.61. The Bertz CT molecular complexity index is 341. The van der Waals surface area contributed by atoms with Gasteiger partial charge in [-0.3, -0.25) is 0 Å². The second-order valence-electron chi connectivity index (χ2n) is 2.94. The van der Waals surface area contributed by atoms with E-state index in [0.29, 0.717) is 12.5 Å².